The first-order chi connectivity index (χ1) is 11.5. The fraction of sp³-hybridized carbons (Fsp3) is 0.471. The fourth-order valence-corrected chi connectivity index (χ4v) is 2.92. The van der Waals surface area contributed by atoms with Crippen LogP contribution in [0.4, 0.5) is 10.5 Å². The highest BCUT2D eigenvalue weighted by atomic mass is 16.2. The number of piperidine rings is 1. The number of carbonyl (C=O) groups is 3. The van der Waals surface area contributed by atoms with Crippen LogP contribution in [-0.2, 0) is 9.59 Å². The van der Waals surface area contributed by atoms with Crippen molar-refractivity contribution in [3.63, 3.8) is 0 Å². The Hall–Kier alpha value is -2.41. The minimum atomic E-state index is -0.497. The number of rotatable bonds is 4. The van der Waals surface area contributed by atoms with Crippen molar-refractivity contribution in [1.29, 1.82) is 0 Å². The van der Waals surface area contributed by atoms with E-state index >= 15 is 0 Å². The number of hydrogen-bond donors (Lipinski definition) is 4. The second kappa shape index (κ2) is 8.44. The number of urea groups is 1. The number of nitrogens with one attached hydrogen (secondary N) is 4. The average Bonchev–Trinajstić information content (AvgIpc) is 2.61. The van der Waals surface area contributed by atoms with Crippen molar-refractivity contribution in [2.45, 2.75) is 25.8 Å². The Bertz CT molecular complexity index is 583. The van der Waals surface area contributed by atoms with Gasteiger partial charge in [-0.25, -0.2) is 4.79 Å². The van der Waals surface area contributed by atoms with Crippen molar-refractivity contribution in [2.24, 2.45) is 5.92 Å². The Labute approximate surface area is 141 Å². The lowest BCUT2D eigenvalue weighted by Gasteiger charge is -2.31. The predicted molar refractivity (Wildman–Crippen MR) is 90.6 cm³/mol. The second-order valence-corrected chi connectivity index (χ2v) is 6.08. The molecule has 2 rings (SSSR count). The molecule has 1 aliphatic heterocycles. The summed E-state index contributed by atoms with van der Waals surface area (Å²) in [5, 5.41) is 7.60. The number of anilines is 1. The van der Waals surface area contributed by atoms with Gasteiger partial charge in [0.15, 0.2) is 6.04 Å². The molecule has 130 valence electrons. The maximum Gasteiger partial charge on any atom is 0.321 e. The highest BCUT2D eigenvalue weighted by Crippen LogP contribution is 2.14. The first-order valence-corrected chi connectivity index (χ1v) is 8.24. The molecule has 24 heavy (non-hydrogen) atoms. The zero-order valence-electron chi connectivity index (χ0n) is 14.1. The van der Waals surface area contributed by atoms with Crippen molar-refractivity contribution in [3.05, 3.63) is 30.3 Å². The van der Waals surface area contributed by atoms with Crippen LogP contribution in [0.3, 0.4) is 0 Å². The van der Waals surface area contributed by atoms with Crippen LogP contribution in [0.5, 0.6) is 0 Å². The molecule has 0 saturated carbocycles. The van der Waals surface area contributed by atoms with Crippen molar-refractivity contribution in [3.8, 4) is 0 Å². The average molecular weight is 333 g/mol. The molecule has 4 N–H and O–H groups in total. The lowest BCUT2D eigenvalue weighted by Crippen LogP contribution is -3.17. The summed E-state index contributed by atoms with van der Waals surface area (Å²) >= 11 is 0. The zero-order valence-corrected chi connectivity index (χ0v) is 14.1. The fourth-order valence-electron chi connectivity index (χ4n) is 2.92. The number of likely N-dealkylation sites (tertiary alicyclic amines) is 1. The molecule has 0 bridgehead atoms. The molecule has 1 heterocycles. The summed E-state index contributed by atoms with van der Waals surface area (Å²) in [5.41, 5.74) is 0.801. The predicted octanol–water partition coefficient (Wildman–Crippen LogP) is -0.236. The van der Waals surface area contributed by atoms with Gasteiger partial charge in [-0.15, -0.1) is 0 Å². The smallest absolute Gasteiger partial charge is 0.321 e. The van der Waals surface area contributed by atoms with Crippen LogP contribution < -0.4 is 20.9 Å². The topological polar surface area (TPSA) is 91.7 Å². The Morgan fingerprint density at radius 3 is 2.33 bits per heavy atom. The van der Waals surface area contributed by atoms with Gasteiger partial charge in [-0.3, -0.25) is 14.9 Å². The highest BCUT2D eigenvalue weighted by molar-refractivity contribution is 5.96. The van der Waals surface area contributed by atoms with Crippen molar-refractivity contribution in [1.82, 2.24) is 10.6 Å². The standard InChI is InChI=1S/C17H24N4O3/c1-12(15(22)20-17(24)18-2)21-10-8-13(9-11-21)16(23)19-14-6-4-3-5-7-14/h3-7,12-13H,8-11H2,1-2H3,(H,19,23)(H2,18,20,22,24)/p+1/t12-/m0/s1. The van der Waals surface area contributed by atoms with Crippen LogP contribution in [0.15, 0.2) is 30.3 Å². The van der Waals surface area contributed by atoms with E-state index in [-0.39, 0.29) is 23.8 Å². The van der Waals surface area contributed by atoms with Gasteiger partial charge in [0.1, 0.15) is 0 Å². The normalized spacial score (nSPS) is 21.4. The zero-order chi connectivity index (χ0) is 17.5. The maximum absolute atomic E-state index is 12.3. The number of hydrogen-bond acceptors (Lipinski definition) is 3. The Kier molecular flexibility index (Phi) is 6.31. The molecule has 7 heteroatoms. The summed E-state index contributed by atoms with van der Waals surface area (Å²) in [4.78, 5) is 36.6. The molecule has 0 aromatic heterocycles. The van der Waals surface area contributed by atoms with E-state index in [0.717, 1.165) is 36.5 Å². The molecule has 0 aliphatic carbocycles. The third-order valence-corrected chi connectivity index (χ3v) is 4.51. The molecule has 1 saturated heterocycles. The molecule has 0 unspecified atom stereocenters. The summed E-state index contributed by atoms with van der Waals surface area (Å²) in [6.45, 7) is 3.27. The van der Waals surface area contributed by atoms with Gasteiger partial charge in [0, 0.05) is 31.5 Å². The molecular weight excluding hydrogens is 308 g/mol. The third kappa shape index (κ3) is 4.79. The van der Waals surface area contributed by atoms with Crippen LogP contribution in [0.2, 0.25) is 0 Å². The Balaban J connectivity index is 1.81. The molecular formula is C17H25N4O3+. The van der Waals surface area contributed by atoms with Crippen LogP contribution >= 0.6 is 0 Å². The molecule has 1 aromatic rings. The van der Waals surface area contributed by atoms with Crippen LogP contribution in [0.25, 0.3) is 0 Å². The number of imide groups is 1. The lowest BCUT2D eigenvalue weighted by molar-refractivity contribution is -0.919. The van der Waals surface area contributed by atoms with Gasteiger partial charge in [-0.2, -0.15) is 0 Å². The molecule has 0 radical (unpaired) electrons. The molecule has 7 nitrogen and oxygen atoms in total. The van der Waals surface area contributed by atoms with Gasteiger partial charge in [0.25, 0.3) is 5.91 Å². The summed E-state index contributed by atoms with van der Waals surface area (Å²) in [6, 6.07) is 8.59. The molecule has 0 spiro atoms. The van der Waals surface area contributed by atoms with E-state index in [9.17, 15) is 14.4 Å². The number of para-hydroxylation sites is 1. The highest BCUT2D eigenvalue weighted by Gasteiger charge is 2.33. The van der Waals surface area contributed by atoms with Gasteiger partial charge in [0.05, 0.1) is 13.1 Å². The van der Waals surface area contributed by atoms with Crippen molar-refractivity contribution < 1.29 is 19.3 Å². The minimum Gasteiger partial charge on any atom is -0.341 e. The molecule has 4 amide bonds. The van der Waals surface area contributed by atoms with E-state index in [1.807, 2.05) is 30.3 Å². The summed E-state index contributed by atoms with van der Waals surface area (Å²) < 4.78 is 0. The van der Waals surface area contributed by atoms with E-state index in [4.69, 9.17) is 0 Å². The van der Waals surface area contributed by atoms with E-state index in [0.29, 0.717) is 0 Å². The Morgan fingerprint density at radius 1 is 1.12 bits per heavy atom. The largest absolute Gasteiger partial charge is 0.341 e. The first-order valence-electron chi connectivity index (χ1n) is 8.24. The number of amides is 4. The van der Waals surface area contributed by atoms with Crippen molar-refractivity contribution >= 4 is 23.5 Å². The number of carbonyl (C=O) groups excluding carboxylic acids is 3. The van der Waals surface area contributed by atoms with Crippen LogP contribution in [0.1, 0.15) is 19.8 Å². The quantitative estimate of drug-likeness (QED) is 0.613. The number of quaternary nitrogens is 1. The van der Waals surface area contributed by atoms with E-state index in [2.05, 4.69) is 16.0 Å². The molecule has 1 aromatic carbocycles. The summed E-state index contributed by atoms with van der Waals surface area (Å²) in [5.74, 6) is -0.303. The molecule has 1 aliphatic rings. The number of benzene rings is 1. The van der Waals surface area contributed by atoms with Gasteiger partial charge in [-0.05, 0) is 19.1 Å². The van der Waals surface area contributed by atoms with Gasteiger partial charge in [0.2, 0.25) is 5.91 Å². The van der Waals surface area contributed by atoms with Crippen LogP contribution in [0, 0.1) is 5.92 Å². The minimum absolute atomic E-state index is 0.0303. The monoisotopic (exact) mass is 333 g/mol. The summed E-state index contributed by atoms with van der Waals surface area (Å²) in [7, 11) is 1.47. The summed E-state index contributed by atoms with van der Waals surface area (Å²) in [6.07, 6.45) is 1.46. The lowest BCUT2D eigenvalue weighted by atomic mass is 9.94. The molecule has 1 atom stereocenters. The van der Waals surface area contributed by atoms with E-state index in [1.165, 1.54) is 7.05 Å². The van der Waals surface area contributed by atoms with E-state index < -0.39 is 6.03 Å². The van der Waals surface area contributed by atoms with Gasteiger partial charge < -0.3 is 15.5 Å². The first kappa shape index (κ1) is 17.9. The van der Waals surface area contributed by atoms with Crippen molar-refractivity contribution in [2.75, 3.05) is 25.5 Å². The van der Waals surface area contributed by atoms with Crippen LogP contribution in [-0.4, -0.2) is 44.0 Å². The SMILES string of the molecule is CNC(=O)NC(=O)[C@H](C)[NH+]1CCC(C(=O)Nc2ccccc2)CC1. The van der Waals surface area contributed by atoms with E-state index in [1.54, 1.807) is 6.92 Å². The van der Waals surface area contributed by atoms with Gasteiger partial charge in [-0.1, -0.05) is 18.2 Å². The molecule has 1 fully saturated rings. The third-order valence-electron chi connectivity index (χ3n) is 4.51. The second-order valence-electron chi connectivity index (χ2n) is 6.08. The van der Waals surface area contributed by atoms with Gasteiger partial charge >= 0.3 is 6.03 Å². The maximum atomic E-state index is 12.3. The Morgan fingerprint density at radius 2 is 1.75 bits per heavy atom.